The van der Waals surface area contributed by atoms with Crippen molar-refractivity contribution in [3.05, 3.63) is 0 Å². The molecule has 2 heterocycles. The normalized spacial score (nSPS) is 23.7. The number of hydrogen-bond donors (Lipinski definition) is 1. The molecule has 0 aromatic rings. The number of carbonyl (C=O) groups is 2. The largest absolute Gasteiger partial charge is 0.375 e. The van der Waals surface area contributed by atoms with Crippen molar-refractivity contribution in [1.29, 1.82) is 0 Å². The second kappa shape index (κ2) is 11.1. The number of carbonyl (C=O) groups excluding carboxylic acids is 2. The second-order valence-corrected chi connectivity index (χ2v) is 8.53. The first-order valence-electron chi connectivity index (χ1n) is 11.2. The highest BCUT2D eigenvalue weighted by Crippen LogP contribution is 2.31. The zero-order valence-corrected chi connectivity index (χ0v) is 17.5. The van der Waals surface area contributed by atoms with Gasteiger partial charge in [0.2, 0.25) is 11.8 Å². The van der Waals surface area contributed by atoms with E-state index in [-0.39, 0.29) is 24.5 Å². The van der Waals surface area contributed by atoms with Crippen LogP contribution in [0.3, 0.4) is 0 Å². The van der Waals surface area contributed by atoms with Crippen LogP contribution in [0.15, 0.2) is 0 Å². The van der Waals surface area contributed by atoms with E-state index in [0.29, 0.717) is 19.0 Å². The first-order chi connectivity index (χ1) is 13.7. The third-order valence-corrected chi connectivity index (χ3v) is 6.62. The Morgan fingerprint density at radius 1 is 0.964 bits per heavy atom. The number of hydrogen-bond acceptors (Lipinski definition) is 5. The Balaban J connectivity index is 1.50. The molecule has 0 spiro atoms. The van der Waals surface area contributed by atoms with Gasteiger partial charge in [-0.25, -0.2) is 0 Å². The standard InChI is InChI=1S/C21H38N4O3/c1-28-17-19(26)24-13-15-25(16-14-24)20(18-7-3-4-8-18)21(27)22-9-12-23-10-5-2-6-11-23/h18,20H,2-17H2,1H3,(H,22,27). The van der Waals surface area contributed by atoms with Crippen LogP contribution in [-0.2, 0) is 14.3 Å². The third-order valence-electron chi connectivity index (χ3n) is 6.62. The zero-order valence-electron chi connectivity index (χ0n) is 17.5. The van der Waals surface area contributed by atoms with Crippen molar-refractivity contribution in [2.24, 2.45) is 5.92 Å². The van der Waals surface area contributed by atoms with Crippen molar-refractivity contribution < 1.29 is 14.3 Å². The van der Waals surface area contributed by atoms with Gasteiger partial charge in [0.15, 0.2) is 0 Å². The molecule has 1 saturated carbocycles. The number of ether oxygens (including phenoxy) is 1. The lowest BCUT2D eigenvalue weighted by Gasteiger charge is -2.40. The molecule has 0 aromatic carbocycles. The quantitative estimate of drug-likeness (QED) is 0.664. The van der Waals surface area contributed by atoms with Crippen molar-refractivity contribution in [2.45, 2.75) is 51.0 Å². The van der Waals surface area contributed by atoms with Gasteiger partial charge in [-0.05, 0) is 44.7 Å². The minimum Gasteiger partial charge on any atom is -0.375 e. The molecule has 0 aromatic heterocycles. The van der Waals surface area contributed by atoms with Gasteiger partial charge in [0.1, 0.15) is 6.61 Å². The van der Waals surface area contributed by atoms with Crippen molar-refractivity contribution in [2.75, 3.05) is 66.1 Å². The fourth-order valence-electron chi connectivity index (χ4n) is 5.04. The minimum absolute atomic E-state index is 0.0384. The summed E-state index contributed by atoms with van der Waals surface area (Å²) in [5, 5.41) is 3.24. The lowest BCUT2D eigenvalue weighted by Crippen LogP contribution is -2.58. The molecule has 160 valence electrons. The number of rotatable bonds is 8. The summed E-state index contributed by atoms with van der Waals surface area (Å²) < 4.78 is 4.97. The molecule has 2 saturated heterocycles. The summed E-state index contributed by atoms with van der Waals surface area (Å²) in [5.41, 5.74) is 0. The molecule has 1 atom stereocenters. The summed E-state index contributed by atoms with van der Waals surface area (Å²) >= 11 is 0. The molecule has 1 N–H and O–H groups in total. The lowest BCUT2D eigenvalue weighted by atomic mass is 9.95. The average molecular weight is 395 g/mol. The molecular formula is C21H38N4O3. The maximum Gasteiger partial charge on any atom is 0.248 e. The van der Waals surface area contributed by atoms with Gasteiger partial charge in [-0.15, -0.1) is 0 Å². The van der Waals surface area contributed by atoms with Crippen molar-refractivity contribution >= 4 is 11.8 Å². The Labute approximate surface area is 169 Å². The van der Waals surface area contributed by atoms with E-state index >= 15 is 0 Å². The molecule has 7 heteroatoms. The van der Waals surface area contributed by atoms with E-state index in [1.54, 1.807) is 7.11 Å². The molecular weight excluding hydrogens is 356 g/mol. The van der Waals surface area contributed by atoms with Gasteiger partial charge in [-0.1, -0.05) is 19.3 Å². The van der Waals surface area contributed by atoms with Crippen LogP contribution in [0.2, 0.25) is 0 Å². The predicted molar refractivity (Wildman–Crippen MR) is 109 cm³/mol. The summed E-state index contributed by atoms with van der Waals surface area (Å²) in [4.78, 5) is 31.8. The Kier molecular flexibility index (Phi) is 8.55. The molecule has 0 bridgehead atoms. The Morgan fingerprint density at radius 2 is 1.64 bits per heavy atom. The van der Waals surface area contributed by atoms with Crippen LogP contribution >= 0.6 is 0 Å². The summed E-state index contributed by atoms with van der Waals surface area (Å²) in [6, 6.07) is -0.0384. The highest BCUT2D eigenvalue weighted by Gasteiger charge is 2.37. The van der Waals surface area contributed by atoms with Gasteiger partial charge >= 0.3 is 0 Å². The Morgan fingerprint density at radius 3 is 2.29 bits per heavy atom. The fourth-order valence-corrected chi connectivity index (χ4v) is 5.04. The van der Waals surface area contributed by atoms with Gasteiger partial charge in [0.25, 0.3) is 0 Å². The molecule has 2 aliphatic heterocycles. The monoisotopic (exact) mass is 394 g/mol. The summed E-state index contributed by atoms with van der Waals surface area (Å²) in [6.45, 7) is 7.10. The maximum atomic E-state index is 13.1. The zero-order chi connectivity index (χ0) is 19.8. The van der Waals surface area contributed by atoms with Crippen molar-refractivity contribution in [1.82, 2.24) is 20.0 Å². The highest BCUT2D eigenvalue weighted by atomic mass is 16.5. The number of piperidine rings is 1. The lowest BCUT2D eigenvalue weighted by molar-refractivity contribution is -0.138. The van der Waals surface area contributed by atoms with Crippen LogP contribution in [0.5, 0.6) is 0 Å². The van der Waals surface area contributed by atoms with Crippen LogP contribution in [0.1, 0.15) is 44.9 Å². The van der Waals surface area contributed by atoms with Gasteiger partial charge in [-0.2, -0.15) is 0 Å². The van der Waals surface area contributed by atoms with E-state index in [1.807, 2.05) is 4.90 Å². The van der Waals surface area contributed by atoms with Crippen molar-refractivity contribution in [3.8, 4) is 0 Å². The number of nitrogens with one attached hydrogen (secondary N) is 1. The fraction of sp³-hybridized carbons (Fsp3) is 0.905. The van der Waals surface area contributed by atoms with E-state index in [2.05, 4.69) is 15.1 Å². The van der Waals surface area contributed by atoms with Gasteiger partial charge in [0.05, 0.1) is 6.04 Å². The van der Waals surface area contributed by atoms with E-state index in [0.717, 1.165) is 39.0 Å². The number of methoxy groups -OCH3 is 1. The summed E-state index contributed by atoms with van der Waals surface area (Å²) in [5.74, 6) is 0.697. The van der Waals surface area contributed by atoms with Gasteiger partial charge in [0, 0.05) is 46.4 Å². The van der Waals surface area contributed by atoms with Crippen LogP contribution in [0.25, 0.3) is 0 Å². The van der Waals surface area contributed by atoms with Crippen LogP contribution in [-0.4, -0.2) is 98.6 Å². The molecule has 3 rings (SSSR count). The second-order valence-electron chi connectivity index (χ2n) is 8.53. The molecule has 0 radical (unpaired) electrons. The Bertz CT molecular complexity index is 496. The van der Waals surface area contributed by atoms with E-state index in [9.17, 15) is 9.59 Å². The third kappa shape index (κ3) is 5.91. The smallest absolute Gasteiger partial charge is 0.248 e. The molecule has 3 aliphatic rings. The molecule has 2 amide bonds. The van der Waals surface area contributed by atoms with E-state index in [1.165, 1.54) is 45.2 Å². The molecule has 3 fully saturated rings. The average Bonchev–Trinajstić information content (AvgIpc) is 3.24. The highest BCUT2D eigenvalue weighted by molar-refractivity contribution is 5.82. The topological polar surface area (TPSA) is 65.1 Å². The molecule has 1 unspecified atom stereocenters. The number of likely N-dealkylation sites (tertiary alicyclic amines) is 1. The molecule has 28 heavy (non-hydrogen) atoms. The van der Waals surface area contributed by atoms with Crippen LogP contribution < -0.4 is 5.32 Å². The van der Waals surface area contributed by atoms with E-state index in [4.69, 9.17) is 4.74 Å². The molecule has 7 nitrogen and oxygen atoms in total. The van der Waals surface area contributed by atoms with Gasteiger partial charge in [-0.3, -0.25) is 14.5 Å². The number of amides is 2. The van der Waals surface area contributed by atoms with Gasteiger partial charge < -0.3 is 19.9 Å². The summed E-state index contributed by atoms with van der Waals surface area (Å²) in [6.07, 6.45) is 8.66. The summed E-state index contributed by atoms with van der Waals surface area (Å²) in [7, 11) is 1.55. The SMILES string of the molecule is COCC(=O)N1CCN(C(C(=O)NCCN2CCCCC2)C2CCCC2)CC1. The van der Waals surface area contributed by atoms with Crippen molar-refractivity contribution in [3.63, 3.8) is 0 Å². The predicted octanol–water partition coefficient (Wildman–Crippen LogP) is 0.938. The first kappa shape index (κ1) is 21.5. The minimum atomic E-state index is -0.0384. The number of piperazine rings is 1. The maximum absolute atomic E-state index is 13.1. The van der Waals surface area contributed by atoms with Crippen LogP contribution in [0.4, 0.5) is 0 Å². The number of nitrogens with zero attached hydrogens (tertiary/aromatic N) is 3. The first-order valence-corrected chi connectivity index (χ1v) is 11.2. The molecule has 1 aliphatic carbocycles. The van der Waals surface area contributed by atoms with E-state index < -0.39 is 0 Å². The Hall–Kier alpha value is -1.18. The van der Waals surface area contributed by atoms with Crippen LogP contribution in [0, 0.1) is 5.92 Å².